The lowest BCUT2D eigenvalue weighted by molar-refractivity contribution is -0.115. The van der Waals surface area contributed by atoms with E-state index in [0.29, 0.717) is 6.42 Å². The Kier molecular flexibility index (Phi) is 3.80. The van der Waals surface area contributed by atoms with Gasteiger partial charge in [-0.3, -0.25) is 4.79 Å². The Bertz CT molecular complexity index is 807. The number of benzene rings is 2. The molecule has 1 heterocycles. The van der Waals surface area contributed by atoms with E-state index in [1.165, 1.54) is 0 Å². The van der Waals surface area contributed by atoms with Crippen LogP contribution < -0.4 is 5.32 Å². The molecule has 3 aromatic rings. The zero-order valence-corrected chi connectivity index (χ0v) is 13.2. The quantitative estimate of drug-likeness (QED) is 0.726. The average molecular weight is 343 g/mol. The molecule has 4 heteroatoms. The third-order valence-corrected chi connectivity index (χ3v) is 3.94. The Hall–Kier alpha value is -2.07. The maximum absolute atomic E-state index is 12.2. The van der Waals surface area contributed by atoms with Gasteiger partial charge in [0, 0.05) is 21.9 Å². The third-order valence-electron chi connectivity index (χ3n) is 3.44. The predicted octanol–water partition coefficient (Wildman–Crippen LogP) is 4.42. The van der Waals surface area contributed by atoms with Crippen molar-refractivity contribution in [1.82, 2.24) is 4.98 Å². The van der Waals surface area contributed by atoms with Gasteiger partial charge in [-0.05, 0) is 59.8 Å². The number of hydrogen-bond donors (Lipinski definition) is 2. The predicted molar refractivity (Wildman–Crippen MR) is 89.5 cm³/mol. The second-order valence-corrected chi connectivity index (χ2v) is 6.00. The van der Waals surface area contributed by atoms with Crippen LogP contribution in [0.25, 0.3) is 10.9 Å². The average Bonchev–Trinajstić information content (AvgIpc) is 2.89. The normalized spacial score (nSPS) is 10.8. The van der Waals surface area contributed by atoms with E-state index >= 15 is 0 Å². The Labute approximate surface area is 131 Å². The van der Waals surface area contributed by atoms with Crippen LogP contribution in [0.3, 0.4) is 0 Å². The fourth-order valence-electron chi connectivity index (χ4n) is 2.36. The fourth-order valence-corrected chi connectivity index (χ4v) is 2.84. The molecule has 106 valence electrons. The summed E-state index contributed by atoms with van der Waals surface area (Å²) in [5.41, 5.74) is 3.99. The second-order valence-electron chi connectivity index (χ2n) is 5.08. The van der Waals surface area contributed by atoms with Crippen molar-refractivity contribution >= 4 is 38.4 Å². The molecular formula is C17H15BrN2O. The number of nitrogens with one attached hydrogen (secondary N) is 2. The Morgan fingerprint density at radius 2 is 2.05 bits per heavy atom. The van der Waals surface area contributed by atoms with Gasteiger partial charge in [-0.15, -0.1) is 0 Å². The van der Waals surface area contributed by atoms with Crippen molar-refractivity contribution in [3.05, 3.63) is 64.3 Å². The van der Waals surface area contributed by atoms with Crippen LogP contribution in [-0.2, 0) is 11.2 Å². The molecule has 1 aromatic heterocycles. The van der Waals surface area contributed by atoms with Gasteiger partial charge in [0.2, 0.25) is 5.91 Å². The van der Waals surface area contributed by atoms with Crippen LogP contribution in [0.4, 0.5) is 5.69 Å². The fraction of sp³-hybridized carbons (Fsp3) is 0.118. The summed E-state index contributed by atoms with van der Waals surface area (Å²) in [6.07, 6.45) is 2.27. The molecule has 21 heavy (non-hydrogen) atoms. The second kappa shape index (κ2) is 5.74. The number of rotatable bonds is 3. The summed E-state index contributed by atoms with van der Waals surface area (Å²) in [6.45, 7) is 1.98. The number of carbonyl (C=O) groups excluding carboxylic acids is 1. The van der Waals surface area contributed by atoms with Crippen LogP contribution in [0.5, 0.6) is 0 Å². The first-order chi connectivity index (χ1) is 10.1. The van der Waals surface area contributed by atoms with Crippen molar-refractivity contribution in [3.63, 3.8) is 0 Å². The van der Waals surface area contributed by atoms with Gasteiger partial charge in [0.25, 0.3) is 0 Å². The molecule has 0 aliphatic rings. The van der Waals surface area contributed by atoms with Gasteiger partial charge in [0.05, 0.1) is 6.42 Å². The number of anilines is 1. The summed E-state index contributed by atoms with van der Waals surface area (Å²) in [6, 6.07) is 13.9. The number of hydrogen-bond acceptors (Lipinski definition) is 1. The monoisotopic (exact) mass is 342 g/mol. The van der Waals surface area contributed by atoms with Crippen LogP contribution in [0.15, 0.2) is 53.1 Å². The lowest BCUT2D eigenvalue weighted by atomic mass is 10.1. The molecule has 3 nitrogen and oxygen atoms in total. The summed E-state index contributed by atoms with van der Waals surface area (Å²) >= 11 is 3.42. The molecule has 0 radical (unpaired) electrons. The molecule has 0 saturated carbocycles. The summed E-state index contributed by atoms with van der Waals surface area (Å²) in [7, 11) is 0. The van der Waals surface area contributed by atoms with Gasteiger partial charge in [-0.25, -0.2) is 0 Å². The van der Waals surface area contributed by atoms with Gasteiger partial charge in [-0.1, -0.05) is 22.0 Å². The molecule has 0 unspecified atom stereocenters. The van der Waals surface area contributed by atoms with E-state index in [2.05, 4.69) is 26.2 Å². The molecule has 0 aliphatic carbocycles. The third kappa shape index (κ3) is 3.16. The van der Waals surface area contributed by atoms with Crippen molar-refractivity contribution < 1.29 is 4.79 Å². The van der Waals surface area contributed by atoms with Crippen LogP contribution in [0, 0.1) is 6.92 Å². The van der Waals surface area contributed by atoms with Crippen LogP contribution in [0.1, 0.15) is 11.1 Å². The number of aromatic amines is 1. The minimum Gasteiger partial charge on any atom is -0.361 e. The lowest BCUT2D eigenvalue weighted by Crippen LogP contribution is -2.15. The number of H-pyrrole nitrogens is 1. The van der Waals surface area contributed by atoms with Crippen LogP contribution in [-0.4, -0.2) is 10.9 Å². The Balaban J connectivity index is 1.73. The molecule has 0 aliphatic heterocycles. The first kappa shape index (κ1) is 13.9. The maximum Gasteiger partial charge on any atom is 0.228 e. The first-order valence-corrected chi connectivity index (χ1v) is 7.53. The highest BCUT2D eigenvalue weighted by Gasteiger charge is 2.07. The van der Waals surface area contributed by atoms with Crippen molar-refractivity contribution in [2.24, 2.45) is 0 Å². The lowest BCUT2D eigenvalue weighted by Gasteiger charge is -2.09. The molecule has 2 aromatic carbocycles. The molecule has 2 N–H and O–H groups in total. The minimum absolute atomic E-state index is 0.00434. The molecular weight excluding hydrogens is 328 g/mol. The van der Waals surface area contributed by atoms with E-state index in [9.17, 15) is 4.79 Å². The number of fused-ring (bicyclic) bond motifs is 1. The van der Waals surface area contributed by atoms with E-state index in [4.69, 9.17) is 0 Å². The number of halogens is 1. The SMILES string of the molecule is Cc1cc(Br)ccc1NC(=O)Cc1ccc2[nH]ccc2c1. The molecule has 1 amide bonds. The van der Waals surface area contributed by atoms with Gasteiger partial charge in [0.1, 0.15) is 0 Å². The van der Waals surface area contributed by atoms with Gasteiger partial charge in [0.15, 0.2) is 0 Å². The van der Waals surface area contributed by atoms with E-state index < -0.39 is 0 Å². The van der Waals surface area contributed by atoms with E-state index in [1.807, 2.05) is 55.6 Å². The summed E-state index contributed by atoms with van der Waals surface area (Å²) < 4.78 is 1.01. The zero-order chi connectivity index (χ0) is 14.8. The summed E-state index contributed by atoms with van der Waals surface area (Å²) in [5.74, 6) is -0.00434. The highest BCUT2D eigenvalue weighted by Crippen LogP contribution is 2.20. The van der Waals surface area contributed by atoms with E-state index in [-0.39, 0.29) is 5.91 Å². The Morgan fingerprint density at radius 1 is 1.19 bits per heavy atom. The van der Waals surface area contributed by atoms with Gasteiger partial charge < -0.3 is 10.3 Å². The number of carbonyl (C=O) groups is 1. The van der Waals surface area contributed by atoms with E-state index in [0.717, 1.165) is 32.2 Å². The largest absolute Gasteiger partial charge is 0.361 e. The Morgan fingerprint density at radius 3 is 2.86 bits per heavy atom. The van der Waals surface area contributed by atoms with Crippen molar-refractivity contribution in [2.75, 3.05) is 5.32 Å². The minimum atomic E-state index is -0.00434. The van der Waals surface area contributed by atoms with Crippen molar-refractivity contribution in [1.29, 1.82) is 0 Å². The molecule has 3 rings (SSSR count). The topological polar surface area (TPSA) is 44.9 Å². The maximum atomic E-state index is 12.2. The summed E-state index contributed by atoms with van der Waals surface area (Å²) in [5, 5.41) is 4.09. The van der Waals surface area contributed by atoms with E-state index in [1.54, 1.807) is 0 Å². The highest BCUT2D eigenvalue weighted by atomic mass is 79.9. The summed E-state index contributed by atoms with van der Waals surface area (Å²) in [4.78, 5) is 15.3. The van der Waals surface area contributed by atoms with Crippen LogP contribution >= 0.6 is 15.9 Å². The smallest absolute Gasteiger partial charge is 0.228 e. The standard InChI is InChI=1S/C17H15BrN2O/c1-11-8-14(18)3-5-15(11)20-17(21)10-12-2-4-16-13(9-12)6-7-19-16/h2-9,19H,10H2,1H3,(H,20,21). The number of aromatic nitrogens is 1. The van der Waals surface area contributed by atoms with Gasteiger partial charge in [-0.2, -0.15) is 0 Å². The van der Waals surface area contributed by atoms with Crippen molar-refractivity contribution in [2.45, 2.75) is 13.3 Å². The number of aryl methyl sites for hydroxylation is 1. The number of amides is 1. The molecule has 0 saturated heterocycles. The first-order valence-electron chi connectivity index (χ1n) is 6.74. The van der Waals surface area contributed by atoms with Gasteiger partial charge >= 0.3 is 0 Å². The molecule has 0 atom stereocenters. The molecule has 0 spiro atoms. The van der Waals surface area contributed by atoms with Crippen LogP contribution in [0.2, 0.25) is 0 Å². The highest BCUT2D eigenvalue weighted by molar-refractivity contribution is 9.10. The van der Waals surface area contributed by atoms with Crippen molar-refractivity contribution in [3.8, 4) is 0 Å². The molecule has 0 fully saturated rings. The molecule has 0 bridgehead atoms. The zero-order valence-electron chi connectivity index (χ0n) is 11.6.